The van der Waals surface area contributed by atoms with Crippen molar-refractivity contribution in [2.45, 2.75) is 69.9 Å². The molecule has 1 N–H and O–H groups in total. The van der Waals surface area contributed by atoms with Crippen LogP contribution in [-0.2, 0) is 37.8 Å². The van der Waals surface area contributed by atoms with E-state index in [1.54, 1.807) is 20.8 Å². The number of rotatable bonds is 5. The van der Waals surface area contributed by atoms with Crippen molar-refractivity contribution < 1.29 is 22.7 Å². The van der Waals surface area contributed by atoms with Crippen LogP contribution in [0.3, 0.4) is 0 Å². The zero-order chi connectivity index (χ0) is 28.0. The van der Waals surface area contributed by atoms with Gasteiger partial charge in [0.25, 0.3) is 0 Å². The van der Waals surface area contributed by atoms with Crippen molar-refractivity contribution in [1.82, 2.24) is 10.2 Å². The quantitative estimate of drug-likeness (QED) is 0.603. The van der Waals surface area contributed by atoms with E-state index < -0.39 is 27.8 Å². The first kappa shape index (κ1) is 27.5. The van der Waals surface area contributed by atoms with Crippen LogP contribution in [-0.4, -0.2) is 62.9 Å². The molecule has 0 bridgehead atoms. The fourth-order valence-corrected chi connectivity index (χ4v) is 7.50. The van der Waals surface area contributed by atoms with Crippen molar-refractivity contribution in [1.29, 1.82) is 0 Å². The second-order valence-electron chi connectivity index (χ2n) is 12.4. The van der Waals surface area contributed by atoms with Gasteiger partial charge in [-0.1, -0.05) is 42.5 Å². The monoisotopic (exact) mass is 553 g/mol. The molecule has 2 aromatic carbocycles. The normalized spacial score (nSPS) is 19.5. The molecule has 8 nitrogen and oxygen atoms in total. The Labute approximate surface area is 231 Å². The van der Waals surface area contributed by atoms with Crippen LogP contribution in [0.5, 0.6) is 0 Å². The third-order valence-corrected chi connectivity index (χ3v) is 9.44. The number of carbonyl (C=O) groups excluding carboxylic acids is 2. The van der Waals surface area contributed by atoms with Gasteiger partial charge in [0.2, 0.25) is 15.9 Å². The number of sulfonamides is 1. The number of fused-ring (bicyclic) bond motifs is 3. The lowest BCUT2D eigenvalue weighted by Crippen LogP contribution is -2.54. The zero-order valence-corrected chi connectivity index (χ0v) is 24.1. The van der Waals surface area contributed by atoms with Crippen molar-refractivity contribution in [3.05, 3.63) is 65.2 Å². The molecule has 2 aromatic rings. The number of benzene rings is 2. The second-order valence-corrected chi connectivity index (χ2v) is 14.3. The maximum Gasteiger partial charge on any atom is 0.408 e. The highest BCUT2D eigenvalue weighted by molar-refractivity contribution is 7.92. The highest BCUT2D eigenvalue weighted by Gasteiger charge is 2.48. The molecule has 210 valence electrons. The first-order chi connectivity index (χ1) is 18.3. The summed E-state index contributed by atoms with van der Waals surface area (Å²) >= 11 is 0. The van der Waals surface area contributed by atoms with Gasteiger partial charge in [0.1, 0.15) is 11.6 Å². The summed E-state index contributed by atoms with van der Waals surface area (Å²) in [7, 11) is -3.41. The molecular formula is C30H39N3O5S. The Morgan fingerprint density at radius 3 is 2.21 bits per heavy atom. The van der Waals surface area contributed by atoms with Crippen LogP contribution in [0.4, 0.5) is 10.5 Å². The molecule has 1 spiro atoms. The summed E-state index contributed by atoms with van der Waals surface area (Å²) in [6, 6.07) is 15.4. The van der Waals surface area contributed by atoms with Gasteiger partial charge in [0.05, 0.1) is 11.9 Å². The fourth-order valence-electron chi connectivity index (χ4n) is 6.50. The average molecular weight is 554 g/mol. The summed E-state index contributed by atoms with van der Waals surface area (Å²) in [6.45, 7) is 6.82. The summed E-state index contributed by atoms with van der Waals surface area (Å²) in [5.41, 5.74) is 3.40. The summed E-state index contributed by atoms with van der Waals surface area (Å²) in [6.07, 6.45) is 4.30. The van der Waals surface area contributed by atoms with E-state index >= 15 is 0 Å². The van der Waals surface area contributed by atoms with E-state index in [4.69, 9.17) is 4.74 Å². The number of amides is 2. The van der Waals surface area contributed by atoms with Gasteiger partial charge in [-0.25, -0.2) is 13.2 Å². The molecule has 1 aliphatic carbocycles. The molecule has 0 radical (unpaired) electrons. The lowest BCUT2D eigenvalue weighted by atomic mass is 9.74. The van der Waals surface area contributed by atoms with Gasteiger partial charge < -0.3 is 15.0 Å². The van der Waals surface area contributed by atoms with Gasteiger partial charge in [-0.15, -0.1) is 0 Å². The van der Waals surface area contributed by atoms with Gasteiger partial charge in [0, 0.05) is 25.0 Å². The standard InChI is InChI=1S/C30H39N3O5S/c1-29(2,3)38-28(35)31-25(19-21-17-22-9-5-6-10-23(22)18-21)27(34)32-15-13-30(14-16-32)20-33(39(4,36)37)26-12-8-7-11-24(26)30/h5-12,21,25H,13-20H2,1-4H3,(H,31,35)/t25-/m1/s1. The molecular weight excluding hydrogens is 514 g/mol. The molecule has 2 amide bonds. The maximum atomic E-state index is 13.9. The van der Waals surface area contributed by atoms with Gasteiger partial charge in [-0.3, -0.25) is 9.10 Å². The third kappa shape index (κ3) is 5.78. The van der Waals surface area contributed by atoms with Crippen LogP contribution in [0.1, 0.15) is 56.7 Å². The number of anilines is 1. The van der Waals surface area contributed by atoms with Crippen LogP contribution in [0, 0.1) is 5.92 Å². The number of likely N-dealkylation sites (tertiary alicyclic amines) is 1. The molecule has 9 heteroatoms. The Morgan fingerprint density at radius 1 is 1.03 bits per heavy atom. The number of ether oxygens (including phenoxy) is 1. The highest BCUT2D eigenvalue weighted by Crippen LogP contribution is 2.48. The van der Waals surface area contributed by atoms with Crippen molar-refractivity contribution in [2.75, 3.05) is 30.2 Å². The van der Waals surface area contributed by atoms with E-state index in [0.29, 0.717) is 38.9 Å². The topological polar surface area (TPSA) is 96.0 Å². The van der Waals surface area contributed by atoms with E-state index in [-0.39, 0.29) is 17.2 Å². The van der Waals surface area contributed by atoms with E-state index in [1.165, 1.54) is 21.7 Å². The van der Waals surface area contributed by atoms with Crippen molar-refractivity contribution in [2.24, 2.45) is 5.92 Å². The van der Waals surface area contributed by atoms with E-state index in [2.05, 4.69) is 17.4 Å². The second kappa shape index (κ2) is 10.2. The van der Waals surface area contributed by atoms with E-state index in [1.807, 2.05) is 41.3 Å². The predicted octanol–water partition coefficient (Wildman–Crippen LogP) is 4.02. The van der Waals surface area contributed by atoms with Gasteiger partial charge in [-0.2, -0.15) is 0 Å². The van der Waals surface area contributed by atoms with Crippen LogP contribution in [0.25, 0.3) is 0 Å². The number of nitrogens with one attached hydrogen (secondary N) is 1. The van der Waals surface area contributed by atoms with Crippen molar-refractivity contribution in [3.63, 3.8) is 0 Å². The number of hydrogen-bond donors (Lipinski definition) is 1. The first-order valence-corrected chi connectivity index (χ1v) is 15.6. The Hall–Kier alpha value is -3.07. The third-order valence-electron chi connectivity index (χ3n) is 8.32. The number of carbonyl (C=O) groups is 2. The SMILES string of the molecule is CC(C)(C)OC(=O)N[C@H](CC1Cc2ccccc2C1)C(=O)N1CCC2(CC1)CN(S(C)(=O)=O)c1ccccc12. The van der Waals surface area contributed by atoms with Crippen LogP contribution < -0.4 is 9.62 Å². The lowest BCUT2D eigenvalue weighted by molar-refractivity contribution is -0.135. The van der Waals surface area contributed by atoms with Gasteiger partial charge in [-0.05, 0) is 81.5 Å². The predicted molar refractivity (Wildman–Crippen MR) is 151 cm³/mol. The number of para-hydroxylation sites is 1. The summed E-state index contributed by atoms with van der Waals surface area (Å²) in [4.78, 5) is 28.5. The minimum absolute atomic E-state index is 0.0992. The number of nitrogens with zero attached hydrogens (tertiary/aromatic N) is 2. The summed E-state index contributed by atoms with van der Waals surface area (Å²) in [5, 5.41) is 2.89. The van der Waals surface area contributed by atoms with Crippen LogP contribution >= 0.6 is 0 Å². The minimum Gasteiger partial charge on any atom is -0.444 e. The molecule has 0 aromatic heterocycles. The molecule has 5 rings (SSSR count). The van der Waals surface area contributed by atoms with E-state index in [9.17, 15) is 18.0 Å². The minimum atomic E-state index is -3.41. The zero-order valence-electron chi connectivity index (χ0n) is 23.3. The first-order valence-electron chi connectivity index (χ1n) is 13.8. The Balaban J connectivity index is 1.31. The van der Waals surface area contributed by atoms with Crippen molar-refractivity contribution >= 4 is 27.7 Å². The lowest BCUT2D eigenvalue weighted by Gasteiger charge is -2.41. The molecule has 3 aliphatic rings. The molecule has 39 heavy (non-hydrogen) atoms. The summed E-state index contributed by atoms with van der Waals surface area (Å²) < 4.78 is 32.1. The van der Waals surface area contributed by atoms with Gasteiger partial charge >= 0.3 is 6.09 Å². The molecule has 1 fully saturated rings. The Bertz CT molecular complexity index is 1330. The van der Waals surface area contributed by atoms with Crippen LogP contribution in [0.2, 0.25) is 0 Å². The molecule has 0 saturated carbocycles. The largest absolute Gasteiger partial charge is 0.444 e. The molecule has 2 aliphatic heterocycles. The summed E-state index contributed by atoms with van der Waals surface area (Å²) in [5.74, 6) is 0.158. The molecule has 1 saturated heterocycles. The molecule has 2 heterocycles. The average Bonchev–Trinajstić information content (AvgIpc) is 3.42. The van der Waals surface area contributed by atoms with Gasteiger partial charge in [0.15, 0.2) is 0 Å². The number of piperidine rings is 1. The highest BCUT2D eigenvalue weighted by atomic mass is 32.2. The number of alkyl carbamates (subject to hydrolysis) is 1. The smallest absolute Gasteiger partial charge is 0.408 e. The Morgan fingerprint density at radius 2 is 1.62 bits per heavy atom. The Kier molecular flexibility index (Phi) is 7.16. The van der Waals surface area contributed by atoms with Crippen molar-refractivity contribution in [3.8, 4) is 0 Å². The fraction of sp³-hybridized carbons (Fsp3) is 0.533. The molecule has 1 atom stereocenters. The van der Waals surface area contributed by atoms with E-state index in [0.717, 1.165) is 24.1 Å². The number of hydrogen-bond acceptors (Lipinski definition) is 5. The van der Waals surface area contributed by atoms with Crippen LogP contribution in [0.15, 0.2) is 48.5 Å². The maximum absolute atomic E-state index is 13.9. The molecule has 0 unspecified atom stereocenters.